The summed E-state index contributed by atoms with van der Waals surface area (Å²) in [5.74, 6) is -0.362. The van der Waals surface area contributed by atoms with Crippen LogP contribution in [0, 0.1) is 6.92 Å². The number of carbonyl (C=O) groups excluding carboxylic acids is 2. The molecule has 1 fully saturated rings. The fourth-order valence-corrected chi connectivity index (χ4v) is 3.62. The molecule has 1 heterocycles. The van der Waals surface area contributed by atoms with Crippen LogP contribution in [0.1, 0.15) is 39.1 Å². The third kappa shape index (κ3) is 4.19. The Balaban J connectivity index is 1.80. The maximum absolute atomic E-state index is 12.9. The summed E-state index contributed by atoms with van der Waals surface area (Å²) in [4.78, 5) is 28.5. The van der Waals surface area contributed by atoms with Gasteiger partial charge < -0.3 is 15.5 Å². The summed E-state index contributed by atoms with van der Waals surface area (Å²) >= 11 is 0. The SMILES string of the molecule is Cc1ccc(C(N)=O)cc1-c1ccc(C(=O)N2CCCC(N(C)C)C2)cc1. The van der Waals surface area contributed by atoms with Gasteiger partial charge in [-0.3, -0.25) is 9.59 Å². The molecule has 0 radical (unpaired) electrons. The number of primary amides is 1. The van der Waals surface area contributed by atoms with Crippen LogP contribution in [0.15, 0.2) is 42.5 Å². The molecule has 1 unspecified atom stereocenters. The van der Waals surface area contributed by atoms with Gasteiger partial charge in [-0.05, 0) is 74.8 Å². The standard InChI is InChI=1S/C22H27N3O2/c1-15-6-7-18(21(23)26)13-20(15)16-8-10-17(11-9-16)22(27)25-12-4-5-19(14-25)24(2)3/h6-11,13,19H,4-5,12,14H2,1-3H3,(H2,23,26). The molecule has 1 aliphatic heterocycles. The number of benzene rings is 2. The van der Waals surface area contributed by atoms with Crippen LogP contribution in [0.25, 0.3) is 11.1 Å². The molecular weight excluding hydrogens is 338 g/mol. The first-order chi connectivity index (χ1) is 12.9. The Morgan fingerprint density at radius 1 is 1.07 bits per heavy atom. The number of aryl methyl sites for hydroxylation is 1. The zero-order chi connectivity index (χ0) is 19.6. The van der Waals surface area contributed by atoms with Gasteiger partial charge in [-0.1, -0.05) is 18.2 Å². The molecule has 1 atom stereocenters. The topological polar surface area (TPSA) is 66.6 Å². The minimum Gasteiger partial charge on any atom is -0.366 e. The Kier molecular flexibility index (Phi) is 5.61. The number of likely N-dealkylation sites (N-methyl/N-ethyl adjacent to an activating group) is 1. The molecule has 0 bridgehead atoms. The first-order valence-electron chi connectivity index (χ1n) is 9.33. The lowest BCUT2D eigenvalue weighted by Crippen LogP contribution is -2.47. The van der Waals surface area contributed by atoms with Crippen LogP contribution in [-0.4, -0.2) is 54.8 Å². The van der Waals surface area contributed by atoms with E-state index in [1.165, 1.54) is 0 Å². The molecule has 1 aliphatic rings. The number of carbonyl (C=O) groups is 2. The minimum absolute atomic E-state index is 0.0794. The molecule has 2 amide bonds. The van der Waals surface area contributed by atoms with Crippen molar-refractivity contribution in [3.05, 3.63) is 59.2 Å². The second kappa shape index (κ2) is 7.92. The van der Waals surface area contributed by atoms with Gasteiger partial charge in [-0.15, -0.1) is 0 Å². The van der Waals surface area contributed by atoms with Crippen molar-refractivity contribution in [2.24, 2.45) is 5.73 Å². The highest BCUT2D eigenvalue weighted by atomic mass is 16.2. The predicted molar refractivity (Wildman–Crippen MR) is 108 cm³/mol. The second-order valence-corrected chi connectivity index (χ2v) is 7.48. The fourth-order valence-electron chi connectivity index (χ4n) is 3.62. The number of hydrogen-bond acceptors (Lipinski definition) is 3. The third-order valence-electron chi connectivity index (χ3n) is 5.38. The molecule has 2 aromatic rings. The summed E-state index contributed by atoms with van der Waals surface area (Å²) in [6.07, 6.45) is 2.16. The first kappa shape index (κ1) is 19.1. The van der Waals surface area contributed by atoms with E-state index in [0.717, 1.165) is 42.6 Å². The maximum atomic E-state index is 12.9. The van der Waals surface area contributed by atoms with Crippen molar-refractivity contribution in [3.63, 3.8) is 0 Å². The predicted octanol–water partition coefficient (Wildman–Crippen LogP) is 2.93. The Labute approximate surface area is 160 Å². The van der Waals surface area contributed by atoms with Crippen molar-refractivity contribution >= 4 is 11.8 Å². The molecule has 0 aliphatic carbocycles. The van der Waals surface area contributed by atoms with E-state index < -0.39 is 5.91 Å². The maximum Gasteiger partial charge on any atom is 0.253 e. The average Bonchev–Trinajstić information content (AvgIpc) is 2.68. The quantitative estimate of drug-likeness (QED) is 0.906. The van der Waals surface area contributed by atoms with Gasteiger partial charge in [0.1, 0.15) is 0 Å². The highest BCUT2D eigenvalue weighted by molar-refractivity contribution is 5.96. The zero-order valence-electron chi connectivity index (χ0n) is 16.2. The van der Waals surface area contributed by atoms with E-state index in [0.29, 0.717) is 17.2 Å². The van der Waals surface area contributed by atoms with Crippen LogP contribution in [0.3, 0.4) is 0 Å². The summed E-state index contributed by atoms with van der Waals surface area (Å²) in [5, 5.41) is 0. The smallest absolute Gasteiger partial charge is 0.253 e. The van der Waals surface area contributed by atoms with E-state index in [2.05, 4.69) is 19.0 Å². The third-order valence-corrected chi connectivity index (χ3v) is 5.38. The molecule has 2 N–H and O–H groups in total. The molecule has 5 nitrogen and oxygen atoms in total. The van der Waals surface area contributed by atoms with E-state index in [-0.39, 0.29) is 5.91 Å². The summed E-state index contributed by atoms with van der Waals surface area (Å²) in [6, 6.07) is 13.5. The van der Waals surface area contributed by atoms with Crippen LogP contribution in [0.4, 0.5) is 0 Å². The molecule has 27 heavy (non-hydrogen) atoms. The monoisotopic (exact) mass is 365 g/mol. The van der Waals surface area contributed by atoms with Crippen LogP contribution < -0.4 is 5.73 Å². The molecule has 1 saturated heterocycles. The van der Waals surface area contributed by atoms with Gasteiger partial charge in [0.15, 0.2) is 0 Å². The van der Waals surface area contributed by atoms with E-state index >= 15 is 0 Å². The normalized spacial score (nSPS) is 17.2. The van der Waals surface area contributed by atoms with E-state index in [9.17, 15) is 9.59 Å². The summed E-state index contributed by atoms with van der Waals surface area (Å²) in [5.41, 5.74) is 9.56. The van der Waals surface area contributed by atoms with Crippen molar-refractivity contribution in [2.45, 2.75) is 25.8 Å². The zero-order valence-corrected chi connectivity index (χ0v) is 16.2. The molecule has 0 saturated carbocycles. The van der Waals surface area contributed by atoms with E-state index in [4.69, 9.17) is 5.73 Å². The molecular formula is C22H27N3O2. The lowest BCUT2D eigenvalue weighted by Gasteiger charge is -2.36. The molecule has 5 heteroatoms. The Morgan fingerprint density at radius 3 is 2.37 bits per heavy atom. The van der Waals surface area contributed by atoms with E-state index in [1.54, 1.807) is 12.1 Å². The van der Waals surface area contributed by atoms with Crippen molar-refractivity contribution in [2.75, 3.05) is 27.2 Å². The average molecular weight is 365 g/mol. The van der Waals surface area contributed by atoms with Gasteiger partial charge >= 0.3 is 0 Å². The Bertz CT molecular complexity index is 843. The number of likely N-dealkylation sites (tertiary alicyclic amines) is 1. The second-order valence-electron chi connectivity index (χ2n) is 7.48. The number of hydrogen-bond donors (Lipinski definition) is 1. The number of rotatable bonds is 4. The van der Waals surface area contributed by atoms with Crippen LogP contribution in [0.5, 0.6) is 0 Å². The van der Waals surface area contributed by atoms with Gasteiger partial charge in [0.2, 0.25) is 5.91 Å². The van der Waals surface area contributed by atoms with Crippen molar-refractivity contribution < 1.29 is 9.59 Å². The molecule has 3 rings (SSSR count). The van der Waals surface area contributed by atoms with Gasteiger partial charge in [0.25, 0.3) is 5.91 Å². The first-order valence-corrected chi connectivity index (χ1v) is 9.33. The molecule has 0 aromatic heterocycles. The van der Waals surface area contributed by atoms with Crippen molar-refractivity contribution in [1.29, 1.82) is 0 Å². The summed E-state index contributed by atoms with van der Waals surface area (Å²) in [6.45, 7) is 3.58. The van der Waals surface area contributed by atoms with Crippen LogP contribution in [-0.2, 0) is 0 Å². The van der Waals surface area contributed by atoms with Crippen LogP contribution >= 0.6 is 0 Å². The fraction of sp³-hybridized carbons (Fsp3) is 0.364. The van der Waals surface area contributed by atoms with Crippen molar-refractivity contribution in [1.82, 2.24) is 9.80 Å². The highest BCUT2D eigenvalue weighted by Gasteiger charge is 2.25. The molecule has 2 aromatic carbocycles. The van der Waals surface area contributed by atoms with Crippen molar-refractivity contribution in [3.8, 4) is 11.1 Å². The van der Waals surface area contributed by atoms with E-state index in [1.807, 2.05) is 42.2 Å². The summed E-state index contributed by atoms with van der Waals surface area (Å²) < 4.78 is 0. The number of piperidine rings is 1. The number of nitrogens with zero attached hydrogens (tertiary/aromatic N) is 2. The Morgan fingerprint density at radius 2 is 1.74 bits per heavy atom. The lowest BCUT2D eigenvalue weighted by atomic mass is 9.96. The number of nitrogens with two attached hydrogens (primary N) is 1. The largest absolute Gasteiger partial charge is 0.366 e. The minimum atomic E-state index is -0.441. The van der Waals surface area contributed by atoms with Crippen LogP contribution in [0.2, 0.25) is 0 Å². The van der Waals surface area contributed by atoms with Gasteiger partial charge in [-0.2, -0.15) is 0 Å². The molecule has 0 spiro atoms. The van der Waals surface area contributed by atoms with Gasteiger partial charge in [-0.25, -0.2) is 0 Å². The van der Waals surface area contributed by atoms with Gasteiger partial charge in [0.05, 0.1) is 0 Å². The Hall–Kier alpha value is -2.66. The highest BCUT2D eigenvalue weighted by Crippen LogP contribution is 2.26. The molecule has 142 valence electrons. The lowest BCUT2D eigenvalue weighted by molar-refractivity contribution is 0.0635. The van der Waals surface area contributed by atoms with Gasteiger partial charge in [0, 0.05) is 30.3 Å². The number of amides is 2. The summed E-state index contributed by atoms with van der Waals surface area (Å²) in [7, 11) is 4.13.